The molecule has 35 heavy (non-hydrogen) atoms. The highest BCUT2D eigenvalue weighted by atomic mass is 35.5. The van der Waals surface area contributed by atoms with Crippen LogP contribution in [0.3, 0.4) is 0 Å². The van der Waals surface area contributed by atoms with Gasteiger partial charge in [-0.2, -0.15) is 18.3 Å². The summed E-state index contributed by atoms with van der Waals surface area (Å²) in [5, 5.41) is 14.1. The van der Waals surface area contributed by atoms with Gasteiger partial charge in [-0.15, -0.1) is 0 Å². The van der Waals surface area contributed by atoms with Gasteiger partial charge in [0.2, 0.25) is 5.91 Å². The predicted molar refractivity (Wildman–Crippen MR) is 122 cm³/mol. The van der Waals surface area contributed by atoms with Crippen molar-refractivity contribution in [2.24, 2.45) is 0 Å². The molecular weight excluding hydrogens is 510 g/mol. The van der Waals surface area contributed by atoms with E-state index in [0.29, 0.717) is 36.8 Å². The van der Waals surface area contributed by atoms with Gasteiger partial charge in [-0.05, 0) is 31.2 Å². The van der Waals surface area contributed by atoms with Crippen LogP contribution in [0.4, 0.5) is 13.2 Å². The second-order valence-electron chi connectivity index (χ2n) is 8.67. The van der Waals surface area contributed by atoms with Crippen molar-refractivity contribution in [3.63, 3.8) is 0 Å². The van der Waals surface area contributed by atoms with Crippen LogP contribution in [0.15, 0.2) is 24.3 Å². The number of benzene rings is 1. The lowest BCUT2D eigenvalue weighted by Crippen LogP contribution is -2.55. The molecule has 2 atom stereocenters. The van der Waals surface area contributed by atoms with Gasteiger partial charge in [0.05, 0.1) is 22.9 Å². The summed E-state index contributed by atoms with van der Waals surface area (Å²) < 4.78 is 40.1. The lowest BCUT2D eigenvalue weighted by Gasteiger charge is -2.38. The molecule has 3 heterocycles. The normalized spacial score (nSPS) is 21.6. The molecule has 2 fully saturated rings. The van der Waals surface area contributed by atoms with Crippen LogP contribution >= 0.6 is 23.2 Å². The summed E-state index contributed by atoms with van der Waals surface area (Å²) in [6, 6.07) is 6.34. The van der Waals surface area contributed by atoms with E-state index >= 15 is 0 Å². The monoisotopic (exact) mass is 533 g/mol. The number of halogens is 5. The van der Waals surface area contributed by atoms with E-state index in [4.69, 9.17) is 23.2 Å². The van der Waals surface area contributed by atoms with Gasteiger partial charge in [0, 0.05) is 49.9 Å². The minimum Gasteiger partial charge on any atom is -0.390 e. The van der Waals surface area contributed by atoms with Crippen molar-refractivity contribution in [1.29, 1.82) is 0 Å². The Morgan fingerprint density at radius 2 is 1.69 bits per heavy atom. The molecule has 2 aliphatic heterocycles. The molecule has 0 bridgehead atoms. The maximum Gasteiger partial charge on any atom is 0.436 e. The molecule has 0 aliphatic carbocycles. The van der Waals surface area contributed by atoms with Gasteiger partial charge >= 0.3 is 6.18 Å². The first-order chi connectivity index (χ1) is 16.5. The van der Waals surface area contributed by atoms with E-state index in [2.05, 4.69) is 5.10 Å². The van der Waals surface area contributed by atoms with E-state index < -0.39 is 35.4 Å². The number of likely N-dealkylation sites (tertiary alicyclic amines) is 1. The van der Waals surface area contributed by atoms with Gasteiger partial charge in [0.1, 0.15) is 6.54 Å². The largest absolute Gasteiger partial charge is 0.436 e. The fraction of sp³-hybridized carbons (Fsp3) is 0.500. The van der Waals surface area contributed by atoms with Gasteiger partial charge < -0.3 is 14.9 Å². The standard InChI is InChI=1S/C22H24Cl2F3N5O3/c1-13-19(24)20(22(25,26)27)28-32(13)12-18(34)31-10-16(17(33)11-31)29-6-8-30(9-7-29)21(35)14-2-4-15(23)5-3-14/h2-5,16-17,33H,6-12H2,1H3/t16-,17-/m1/s1. The van der Waals surface area contributed by atoms with Crippen LogP contribution in [-0.2, 0) is 17.5 Å². The van der Waals surface area contributed by atoms with Crippen molar-refractivity contribution >= 4 is 35.0 Å². The van der Waals surface area contributed by atoms with Gasteiger partial charge in [-0.25, -0.2) is 0 Å². The van der Waals surface area contributed by atoms with Crippen molar-refractivity contribution in [2.75, 3.05) is 39.3 Å². The Bertz CT molecular complexity index is 1100. The molecule has 2 saturated heterocycles. The summed E-state index contributed by atoms with van der Waals surface area (Å²) in [6.07, 6.45) is -5.53. The molecule has 1 N–H and O–H groups in total. The average molecular weight is 534 g/mol. The van der Waals surface area contributed by atoms with E-state index in [-0.39, 0.29) is 30.7 Å². The highest BCUT2D eigenvalue weighted by Gasteiger charge is 2.41. The second kappa shape index (κ2) is 9.96. The number of amides is 2. The maximum absolute atomic E-state index is 13.1. The molecule has 0 unspecified atom stereocenters. The second-order valence-corrected chi connectivity index (χ2v) is 9.49. The quantitative estimate of drug-likeness (QED) is 0.653. The van der Waals surface area contributed by atoms with Crippen LogP contribution in [0.1, 0.15) is 21.7 Å². The number of aromatic nitrogens is 2. The van der Waals surface area contributed by atoms with Crippen LogP contribution in [-0.4, -0.2) is 92.8 Å². The minimum absolute atomic E-state index is 0.0464. The lowest BCUT2D eigenvalue weighted by atomic mass is 10.1. The van der Waals surface area contributed by atoms with Crippen molar-refractivity contribution in [1.82, 2.24) is 24.5 Å². The van der Waals surface area contributed by atoms with Crippen LogP contribution in [0, 0.1) is 6.92 Å². The van der Waals surface area contributed by atoms with Crippen LogP contribution in [0.25, 0.3) is 0 Å². The first-order valence-corrected chi connectivity index (χ1v) is 11.8. The topological polar surface area (TPSA) is 81.9 Å². The fourth-order valence-electron chi connectivity index (χ4n) is 4.45. The number of alkyl halides is 3. The molecule has 190 valence electrons. The number of rotatable bonds is 4. The van der Waals surface area contributed by atoms with Crippen molar-refractivity contribution < 1.29 is 27.9 Å². The molecule has 13 heteroatoms. The Labute approximate surface area is 209 Å². The number of hydrogen-bond donors (Lipinski definition) is 1. The number of piperazine rings is 1. The molecule has 0 radical (unpaired) electrons. The Morgan fingerprint density at radius 3 is 2.26 bits per heavy atom. The SMILES string of the molecule is Cc1c(Cl)c(C(F)(F)F)nn1CC(=O)N1C[C@@H](O)[C@H](N2CCN(C(=O)c3ccc(Cl)cc3)CC2)C1. The van der Waals surface area contributed by atoms with Crippen molar-refractivity contribution in [2.45, 2.75) is 31.8 Å². The first-order valence-electron chi connectivity index (χ1n) is 11.0. The summed E-state index contributed by atoms with van der Waals surface area (Å²) in [5.74, 6) is -0.560. The summed E-state index contributed by atoms with van der Waals surface area (Å²) in [7, 11) is 0. The van der Waals surface area contributed by atoms with Crippen molar-refractivity contribution in [3.05, 3.63) is 51.3 Å². The van der Waals surface area contributed by atoms with E-state index in [1.54, 1.807) is 29.2 Å². The number of carbonyl (C=O) groups is 2. The molecule has 4 rings (SSSR count). The Hall–Kier alpha value is -2.34. The number of β-amino-alcohol motifs (C(OH)–C–C–N with tert-alkyl or cyclic N) is 1. The maximum atomic E-state index is 13.1. The molecule has 2 aliphatic rings. The Balaban J connectivity index is 1.34. The number of aliphatic hydroxyl groups excluding tert-OH is 1. The van der Waals surface area contributed by atoms with Gasteiger partial charge in [0.15, 0.2) is 5.69 Å². The predicted octanol–water partition coefficient (Wildman–Crippen LogP) is 2.55. The fourth-order valence-corrected chi connectivity index (χ4v) is 4.82. The Morgan fingerprint density at radius 1 is 1.06 bits per heavy atom. The molecule has 0 saturated carbocycles. The number of nitrogens with zero attached hydrogens (tertiary/aromatic N) is 5. The number of aliphatic hydroxyl groups is 1. The molecule has 1 aromatic carbocycles. The molecule has 8 nitrogen and oxygen atoms in total. The van der Waals surface area contributed by atoms with Gasteiger partial charge in [-0.3, -0.25) is 19.2 Å². The highest BCUT2D eigenvalue weighted by Crippen LogP contribution is 2.35. The first kappa shape index (κ1) is 25.7. The lowest BCUT2D eigenvalue weighted by molar-refractivity contribution is -0.142. The summed E-state index contributed by atoms with van der Waals surface area (Å²) >= 11 is 11.6. The van der Waals surface area contributed by atoms with Crippen LogP contribution < -0.4 is 0 Å². The van der Waals surface area contributed by atoms with Crippen LogP contribution in [0.2, 0.25) is 10.0 Å². The van der Waals surface area contributed by atoms with Crippen LogP contribution in [0.5, 0.6) is 0 Å². The molecule has 1 aromatic heterocycles. The van der Waals surface area contributed by atoms with Crippen molar-refractivity contribution in [3.8, 4) is 0 Å². The summed E-state index contributed by atoms with van der Waals surface area (Å²) in [5.41, 5.74) is -0.636. The molecule has 2 amide bonds. The average Bonchev–Trinajstić information content (AvgIpc) is 3.34. The third-order valence-electron chi connectivity index (χ3n) is 6.46. The van der Waals surface area contributed by atoms with E-state index in [0.717, 1.165) is 4.68 Å². The van der Waals surface area contributed by atoms with E-state index in [1.807, 2.05) is 4.90 Å². The molecular formula is C22H24Cl2F3N5O3. The molecule has 0 spiro atoms. The number of hydrogen-bond acceptors (Lipinski definition) is 5. The summed E-state index contributed by atoms with van der Waals surface area (Å²) in [4.78, 5) is 30.7. The van der Waals surface area contributed by atoms with E-state index in [1.165, 1.54) is 11.8 Å². The smallest absolute Gasteiger partial charge is 0.390 e. The van der Waals surface area contributed by atoms with Gasteiger partial charge in [0.25, 0.3) is 5.91 Å². The van der Waals surface area contributed by atoms with E-state index in [9.17, 15) is 27.9 Å². The zero-order valence-electron chi connectivity index (χ0n) is 18.8. The molecule has 2 aromatic rings. The number of carbonyl (C=O) groups excluding carboxylic acids is 2. The highest BCUT2D eigenvalue weighted by molar-refractivity contribution is 6.32. The zero-order chi connectivity index (χ0) is 25.5. The third-order valence-corrected chi connectivity index (χ3v) is 7.16. The summed E-state index contributed by atoms with van der Waals surface area (Å²) in [6.45, 7) is 3.21. The van der Waals surface area contributed by atoms with Gasteiger partial charge in [-0.1, -0.05) is 23.2 Å². The minimum atomic E-state index is -4.72. The zero-order valence-corrected chi connectivity index (χ0v) is 20.3. The third kappa shape index (κ3) is 5.42. The Kier molecular flexibility index (Phi) is 7.33.